The number of halogens is 3. The van der Waals surface area contributed by atoms with Gasteiger partial charge in [-0.05, 0) is 24.6 Å². The zero-order valence-electron chi connectivity index (χ0n) is 8.54. The van der Waals surface area contributed by atoms with Crippen molar-refractivity contribution in [2.75, 3.05) is 0 Å². The Labute approximate surface area is 96.5 Å². The lowest BCUT2D eigenvalue weighted by atomic mass is 10.2. The van der Waals surface area contributed by atoms with Gasteiger partial charge < -0.3 is 0 Å². The van der Waals surface area contributed by atoms with Crippen molar-refractivity contribution in [2.45, 2.75) is 12.8 Å². The average Bonchev–Trinajstić information content (AvgIpc) is 2.73. The van der Waals surface area contributed by atoms with Gasteiger partial charge in [0.05, 0.1) is 11.6 Å². The number of nitrogens with zero attached hydrogens (tertiary/aromatic N) is 2. The van der Waals surface area contributed by atoms with Crippen molar-refractivity contribution in [3.8, 4) is 5.69 Å². The molecule has 2 rings (SSSR count). The predicted octanol–water partition coefficient (Wildman–Crippen LogP) is 3.20. The number of hydrogen-bond acceptors (Lipinski definition) is 1. The molecule has 2 nitrogen and oxygen atoms in total. The maximum Gasteiger partial charge on any atom is 0.154 e. The quantitative estimate of drug-likeness (QED) is 0.740. The molecule has 0 aliphatic rings. The van der Waals surface area contributed by atoms with E-state index in [1.807, 2.05) is 0 Å². The lowest BCUT2D eigenvalue weighted by Crippen LogP contribution is -2.04. The van der Waals surface area contributed by atoms with E-state index in [0.717, 1.165) is 4.68 Å². The van der Waals surface area contributed by atoms with Gasteiger partial charge in [-0.25, -0.2) is 13.5 Å². The molecule has 1 aromatic heterocycles. The third-order valence-corrected chi connectivity index (χ3v) is 2.54. The molecule has 1 heterocycles. The molecule has 0 bridgehead atoms. The molecule has 0 unspecified atom stereocenters. The van der Waals surface area contributed by atoms with E-state index in [1.54, 1.807) is 13.0 Å². The first kappa shape index (κ1) is 11.1. The Bertz CT molecular complexity index is 523. The van der Waals surface area contributed by atoms with Crippen molar-refractivity contribution in [3.63, 3.8) is 0 Å². The van der Waals surface area contributed by atoms with Crippen LogP contribution in [0.15, 0.2) is 24.4 Å². The fourth-order valence-electron chi connectivity index (χ4n) is 1.41. The highest BCUT2D eigenvalue weighted by Crippen LogP contribution is 2.20. The lowest BCUT2D eigenvalue weighted by molar-refractivity contribution is 0.554. The largest absolute Gasteiger partial charge is 0.235 e. The molecule has 0 saturated carbocycles. The highest BCUT2D eigenvalue weighted by Gasteiger charge is 2.14. The van der Waals surface area contributed by atoms with Gasteiger partial charge in [-0.3, -0.25) is 0 Å². The van der Waals surface area contributed by atoms with Crippen LogP contribution in [0, 0.1) is 18.6 Å². The summed E-state index contributed by atoms with van der Waals surface area (Å²) in [6.07, 6.45) is 1.48. The monoisotopic (exact) mass is 242 g/mol. The molecule has 2 aromatic rings. The molecule has 1 aromatic carbocycles. The van der Waals surface area contributed by atoms with Crippen LogP contribution < -0.4 is 0 Å². The van der Waals surface area contributed by atoms with Crippen molar-refractivity contribution in [2.24, 2.45) is 0 Å². The van der Waals surface area contributed by atoms with Gasteiger partial charge in [0.25, 0.3) is 0 Å². The Kier molecular flexibility index (Phi) is 2.92. The van der Waals surface area contributed by atoms with Crippen LogP contribution in [0.25, 0.3) is 5.69 Å². The summed E-state index contributed by atoms with van der Waals surface area (Å²) in [5.41, 5.74) is 0.776. The SMILES string of the molecule is Cc1ccc(F)c(-n2ccc(CCl)n2)c1F. The number of aromatic nitrogens is 2. The molecule has 0 amide bonds. The number of rotatable bonds is 2. The van der Waals surface area contributed by atoms with E-state index in [0.29, 0.717) is 11.3 Å². The summed E-state index contributed by atoms with van der Waals surface area (Å²) in [7, 11) is 0. The van der Waals surface area contributed by atoms with E-state index in [9.17, 15) is 8.78 Å². The van der Waals surface area contributed by atoms with Gasteiger partial charge in [0.1, 0.15) is 5.69 Å². The van der Waals surface area contributed by atoms with Gasteiger partial charge in [-0.15, -0.1) is 11.6 Å². The normalized spacial score (nSPS) is 10.8. The summed E-state index contributed by atoms with van der Waals surface area (Å²) in [6.45, 7) is 1.57. The minimum atomic E-state index is -0.646. The van der Waals surface area contributed by atoms with E-state index in [-0.39, 0.29) is 11.6 Å². The molecular formula is C11H9ClF2N2. The van der Waals surface area contributed by atoms with E-state index >= 15 is 0 Å². The van der Waals surface area contributed by atoms with E-state index in [2.05, 4.69) is 5.10 Å². The third-order valence-electron chi connectivity index (χ3n) is 2.27. The molecule has 0 atom stereocenters. The van der Waals surface area contributed by atoms with E-state index in [1.165, 1.54) is 18.3 Å². The lowest BCUT2D eigenvalue weighted by Gasteiger charge is -2.06. The maximum absolute atomic E-state index is 13.7. The summed E-state index contributed by atoms with van der Waals surface area (Å²) in [4.78, 5) is 0. The topological polar surface area (TPSA) is 17.8 Å². The fourth-order valence-corrected chi connectivity index (χ4v) is 1.55. The third kappa shape index (κ3) is 1.80. The van der Waals surface area contributed by atoms with Crippen molar-refractivity contribution in [1.29, 1.82) is 0 Å². The van der Waals surface area contributed by atoms with Crippen LogP contribution in [0.1, 0.15) is 11.3 Å². The molecule has 0 radical (unpaired) electrons. The fraction of sp³-hybridized carbons (Fsp3) is 0.182. The molecular weight excluding hydrogens is 234 g/mol. The van der Waals surface area contributed by atoms with Gasteiger partial charge >= 0.3 is 0 Å². The van der Waals surface area contributed by atoms with Crippen molar-refractivity contribution >= 4 is 11.6 Å². The second-order valence-electron chi connectivity index (χ2n) is 3.41. The molecule has 0 fully saturated rings. The van der Waals surface area contributed by atoms with Crippen molar-refractivity contribution in [3.05, 3.63) is 47.3 Å². The maximum atomic E-state index is 13.7. The van der Waals surface area contributed by atoms with Gasteiger partial charge in [-0.1, -0.05) is 6.07 Å². The van der Waals surface area contributed by atoms with Crippen LogP contribution in [-0.2, 0) is 5.88 Å². The van der Waals surface area contributed by atoms with Gasteiger partial charge in [-0.2, -0.15) is 5.10 Å². The molecule has 5 heteroatoms. The highest BCUT2D eigenvalue weighted by atomic mass is 35.5. The summed E-state index contributed by atoms with van der Waals surface area (Å²) >= 11 is 5.58. The first-order chi connectivity index (χ1) is 7.63. The van der Waals surface area contributed by atoms with Gasteiger partial charge in [0.15, 0.2) is 11.6 Å². The molecule has 84 valence electrons. The van der Waals surface area contributed by atoms with Crippen LogP contribution in [0.3, 0.4) is 0 Å². The highest BCUT2D eigenvalue weighted by molar-refractivity contribution is 6.16. The van der Waals surface area contributed by atoms with Crippen LogP contribution in [0.2, 0.25) is 0 Å². The Morgan fingerprint density at radius 3 is 2.69 bits per heavy atom. The second kappa shape index (κ2) is 4.22. The minimum Gasteiger partial charge on any atom is -0.235 e. The summed E-state index contributed by atoms with van der Waals surface area (Å²) < 4.78 is 28.4. The number of hydrogen-bond donors (Lipinski definition) is 0. The predicted molar refractivity (Wildman–Crippen MR) is 57.8 cm³/mol. The van der Waals surface area contributed by atoms with Gasteiger partial charge in [0.2, 0.25) is 0 Å². The van der Waals surface area contributed by atoms with Crippen molar-refractivity contribution < 1.29 is 8.78 Å². The van der Waals surface area contributed by atoms with Crippen LogP contribution in [0.5, 0.6) is 0 Å². The molecule has 0 aliphatic heterocycles. The first-order valence-corrected chi connectivity index (χ1v) is 5.22. The number of benzene rings is 1. The summed E-state index contributed by atoms with van der Waals surface area (Å²) in [6, 6.07) is 4.23. The zero-order valence-corrected chi connectivity index (χ0v) is 9.30. The minimum absolute atomic E-state index is 0.170. The second-order valence-corrected chi connectivity index (χ2v) is 3.68. The number of aryl methyl sites for hydroxylation is 1. The Hall–Kier alpha value is -1.42. The Morgan fingerprint density at radius 2 is 2.06 bits per heavy atom. The number of alkyl halides is 1. The summed E-state index contributed by atoms with van der Waals surface area (Å²) in [5, 5.41) is 3.97. The Balaban J connectivity index is 2.58. The molecule has 0 aliphatic carbocycles. The average molecular weight is 243 g/mol. The Morgan fingerprint density at radius 1 is 1.31 bits per heavy atom. The van der Waals surface area contributed by atoms with Crippen LogP contribution in [0.4, 0.5) is 8.78 Å². The van der Waals surface area contributed by atoms with E-state index in [4.69, 9.17) is 11.6 Å². The van der Waals surface area contributed by atoms with Crippen LogP contribution >= 0.6 is 11.6 Å². The first-order valence-electron chi connectivity index (χ1n) is 4.69. The smallest absolute Gasteiger partial charge is 0.154 e. The molecule has 0 saturated heterocycles. The van der Waals surface area contributed by atoms with Crippen LogP contribution in [-0.4, -0.2) is 9.78 Å². The molecule has 16 heavy (non-hydrogen) atoms. The molecule has 0 N–H and O–H groups in total. The zero-order chi connectivity index (χ0) is 11.7. The standard InChI is InChI=1S/C11H9ClF2N2/c1-7-2-3-9(13)11(10(7)14)16-5-4-8(6-12)15-16/h2-5H,6H2,1H3. The van der Waals surface area contributed by atoms with Crippen molar-refractivity contribution in [1.82, 2.24) is 9.78 Å². The van der Waals surface area contributed by atoms with E-state index < -0.39 is 11.6 Å². The van der Waals surface area contributed by atoms with Gasteiger partial charge in [0, 0.05) is 6.20 Å². The molecule has 0 spiro atoms. The summed E-state index contributed by atoms with van der Waals surface area (Å²) in [5.74, 6) is -1.04.